The smallest absolute Gasteiger partial charge is 0.318 e. The Morgan fingerprint density at radius 2 is 2.00 bits per heavy atom. The number of nitrogens with zero attached hydrogens (tertiary/aromatic N) is 7. The molecule has 9 nitrogen and oxygen atoms in total. The number of amides is 1. The molecule has 6 rings (SSSR count). The van der Waals surface area contributed by atoms with Gasteiger partial charge in [-0.15, -0.1) is 0 Å². The molecule has 3 aliphatic heterocycles. The molecular weight excluding hydrogens is 600 g/mol. The number of rotatable bonds is 7. The molecule has 0 aliphatic carbocycles. The van der Waals surface area contributed by atoms with Gasteiger partial charge < -0.3 is 24.3 Å². The fraction of sp³-hybridized carbons (Fsp3) is 0.455. The van der Waals surface area contributed by atoms with E-state index in [0.717, 1.165) is 28.9 Å². The van der Waals surface area contributed by atoms with E-state index < -0.39 is 23.6 Å². The zero-order valence-corrected chi connectivity index (χ0v) is 26.4. The van der Waals surface area contributed by atoms with Gasteiger partial charge in [0.05, 0.1) is 17.3 Å². The molecule has 2 aromatic carbocycles. The summed E-state index contributed by atoms with van der Waals surface area (Å²) >= 11 is 6.48. The molecule has 1 aromatic heterocycles. The molecule has 0 saturated carbocycles. The number of carbonyl (C=O) groups excluding carboxylic acids is 1. The molecule has 0 N–H and O–H groups in total. The Balaban J connectivity index is 1.35. The maximum absolute atomic E-state index is 14.6. The minimum absolute atomic E-state index is 0.0292. The minimum Gasteiger partial charge on any atom is -0.462 e. The maximum atomic E-state index is 14.6. The van der Waals surface area contributed by atoms with Crippen molar-refractivity contribution in [3.8, 4) is 6.01 Å². The Bertz CT molecular complexity index is 1710. The van der Waals surface area contributed by atoms with E-state index in [-0.39, 0.29) is 35.6 Å². The number of fused-ring (bicyclic) bond motifs is 2. The molecule has 45 heavy (non-hydrogen) atoms. The topological polar surface area (TPSA) is 69.4 Å². The van der Waals surface area contributed by atoms with Crippen LogP contribution in [0.3, 0.4) is 0 Å². The van der Waals surface area contributed by atoms with Crippen LogP contribution < -0.4 is 14.5 Å². The standard InChI is InChI=1S/C33H36ClF2N7O2/c1-20(35)31(44)43-14-13-42(16-22(43)15-37-4)30-23-11-12-41(26-8-6-7-21-9-10-24(36)29(34)28(21)26)17-25(23)38-32(39-30)45-18-27-33(2,3)19-40(27)5/h6-10,22,27H,1,11-19H2,2-3,5H3/t22-,27?/m0/s1. The van der Waals surface area contributed by atoms with Crippen LogP contribution in [0.2, 0.25) is 5.02 Å². The molecule has 12 heteroatoms. The van der Waals surface area contributed by atoms with Crippen LogP contribution in [0.5, 0.6) is 6.01 Å². The van der Waals surface area contributed by atoms with Crippen molar-refractivity contribution < 1.29 is 18.3 Å². The highest BCUT2D eigenvalue weighted by atomic mass is 35.5. The number of likely N-dealkylation sites (N-methyl/N-ethyl adjacent to an activating group) is 1. The van der Waals surface area contributed by atoms with Gasteiger partial charge in [0.25, 0.3) is 5.91 Å². The molecule has 3 aliphatic rings. The summed E-state index contributed by atoms with van der Waals surface area (Å²) in [5.41, 5.74) is 2.65. The van der Waals surface area contributed by atoms with E-state index in [0.29, 0.717) is 50.4 Å². The summed E-state index contributed by atoms with van der Waals surface area (Å²) in [5, 5.41) is 1.59. The van der Waals surface area contributed by atoms with Crippen molar-refractivity contribution in [3.05, 3.63) is 76.3 Å². The Hall–Kier alpha value is -4.01. The molecule has 1 unspecified atom stereocenters. The SMILES string of the molecule is [C-]#[N+]C[C@H]1CN(c2nc(OCC3N(C)CC3(C)C)nc3c2CCN(c2cccc4ccc(F)c(Cl)c24)C3)CCN1C(=O)C(=C)F. The highest BCUT2D eigenvalue weighted by molar-refractivity contribution is 6.36. The molecule has 4 heterocycles. The molecule has 1 amide bonds. The molecule has 0 radical (unpaired) electrons. The number of hydrogen-bond acceptors (Lipinski definition) is 7. The predicted octanol–water partition coefficient (Wildman–Crippen LogP) is 5.12. The Morgan fingerprint density at radius 1 is 1.20 bits per heavy atom. The number of hydrogen-bond donors (Lipinski definition) is 0. The minimum atomic E-state index is -1.04. The largest absolute Gasteiger partial charge is 0.462 e. The monoisotopic (exact) mass is 635 g/mol. The second-order valence-corrected chi connectivity index (χ2v) is 13.1. The third-order valence-corrected chi connectivity index (χ3v) is 9.68. The summed E-state index contributed by atoms with van der Waals surface area (Å²) in [7, 11) is 2.07. The zero-order chi connectivity index (χ0) is 32.0. The van der Waals surface area contributed by atoms with Crippen molar-refractivity contribution in [2.45, 2.75) is 38.9 Å². The predicted molar refractivity (Wildman–Crippen MR) is 171 cm³/mol. The third kappa shape index (κ3) is 5.77. The first-order valence-corrected chi connectivity index (χ1v) is 15.4. The molecular formula is C33H36ClF2N7O2. The molecule has 0 bridgehead atoms. The summed E-state index contributed by atoms with van der Waals surface area (Å²) < 4.78 is 34.7. The van der Waals surface area contributed by atoms with E-state index in [1.807, 2.05) is 23.1 Å². The number of ether oxygens (including phenoxy) is 1. The molecule has 0 spiro atoms. The molecule has 2 fully saturated rings. The lowest BCUT2D eigenvalue weighted by atomic mass is 9.76. The van der Waals surface area contributed by atoms with E-state index in [2.05, 4.69) is 42.1 Å². The highest BCUT2D eigenvalue weighted by Gasteiger charge is 2.44. The first kappa shape index (κ1) is 31.0. The van der Waals surface area contributed by atoms with Gasteiger partial charge in [-0.3, -0.25) is 9.69 Å². The van der Waals surface area contributed by atoms with Crippen LogP contribution in [-0.2, 0) is 17.8 Å². The molecule has 2 atom stereocenters. The van der Waals surface area contributed by atoms with Crippen LogP contribution in [0.25, 0.3) is 15.6 Å². The van der Waals surface area contributed by atoms with Crippen molar-refractivity contribution in [3.63, 3.8) is 0 Å². The van der Waals surface area contributed by atoms with Crippen molar-refractivity contribution in [2.75, 3.05) is 62.7 Å². The summed E-state index contributed by atoms with van der Waals surface area (Å²) in [4.78, 5) is 33.7. The van der Waals surface area contributed by atoms with E-state index >= 15 is 0 Å². The summed E-state index contributed by atoms with van der Waals surface area (Å²) in [6.45, 7) is 18.4. The summed E-state index contributed by atoms with van der Waals surface area (Å²) in [6.07, 6.45) is 0.598. The lowest BCUT2D eigenvalue weighted by Gasteiger charge is -2.52. The van der Waals surface area contributed by atoms with Gasteiger partial charge >= 0.3 is 6.01 Å². The maximum Gasteiger partial charge on any atom is 0.318 e. The van der Waals surface area contributed by atoms with Crippen LogP contribution in [0.1, 0.15) is 25.1 Å². The Labute approximate surface area is 266 Å². The highest BCUT2D eigenvalue weighted by Crippen LogP contribution is 2.39. The van der Waals surface area contributed by atoms with E-state index in [1.165, 1.54) is 11.0 Å². The van der Waals surface area contributed by atoms with E-state index in [4.69, 9.17) is 32.9 Å². The first-order chi connectivity index (χ1) is 21.5. The quantitative estimate of drug-likeness (QED) is 0.264. The zero-order valence-electron chi connectivity index (χ0n) is 25.7. The van der Waals surface area contributed by atoms with Crippen LogP contribution in [-0.4, -0.2) is 90.7 Å². The number of halogens is 3. The van der Waals surface area contributed by atoms with Crippen LogP contribution in [0.4, 0.5) is 20.3 Å². The van der Waals surface area contributed by atoms with Gasteiger partial charge in [0, 0.05) is 55.4 Å². The summed E-state index contributed by atoms with van der Waals surface area (Å²) in [6, 6.07) is 8.82. The van der Waals surface area contributed by atoms with Crippen molar-refractivity contribution in [1.82, 2.24) is 19.8 Å². The van der Waals surface area contributed by atoms with Gasteiger partial charge in [-0.05, 0) is 36.4 Å². The normalized spacial score (nSPS) is 21.2. The van der Waals surface area contributed by atoms with Crippen LogP contribution in [0, 0.1) is 17.8 Å². The molecule has 3 aromatic rings. The number of benzene rings is 2. The summed E-state index contributed by atoms with van der Waals surface area (Å²) in [5.74, 6) is -1.60. The first-order valence-electron chi connectivity index (χ1n) is 15.1. The van der Waals surface area contributed by atoms with Crippen LogP contribution >= 0.6 is 11.6 Å². The van der Waals surface area contributed by atoms with Gasteiger partial charge in [0.15, 0.2) is 5.83 Å². The number of piperazine rings is 1. The molecule has 236 valence electrons. The van der Waals surface area contributed by atoms with E-state index in [9.17, 15) is 13.6 Å². The van der Waals surface area contributed by atoms with Crippen molar-refractivity contribution in [1.29, 1.82) is 0 Å². The molecule has 2 saturated heterocycles. The van der Waals surface area contributed by atoms with E-state index in [1.54, 1.807) is 6.07 Å². The van der Waals surface area contributed by atoms with Crippen molar-refractivity contribution in [2.24, 2.45) is 5.41 Å². The second-order valence-electron chi connectivity index (χ2n) is 12.7. The van der Waals surface area contributed by atoms with Gasteiger partial charge in [-0.1, -0.05) is 50.2 Å². The Kier molecular flexibility index (Phi) is 8.31. The van der Waals surface area contributed by atoms with Gasteiger partial charge in [0.1, 0.15) is 24.3 Å². The van der Waals surface area contributed by atoms with Crippen molar-refractivity contribution >= 4 is 39.8 Å². The van der Waals surface area contributed by atoms with Gasteiger partial charge in [0.2, 0.25) is 6.54 Å². The average Bonchev–Trinajstić information content (AvgIpc) is 3.01. The third-order valence-electron chi connectivity index (χ3n) is 9.32. The number of likely N-dealkylation sites (tertiary alicyclic amines) is 1. The lowest BCUT2D eigenvalue weighted by Crippen LogP contribution is -2.62. The second kappa shape index (κ2) is 12.1. The fourth-order valence-electron chi connectivity index (χ4n) is 7.06. The number of anilines is 2. The lowest BCUT2D eigenvalue weighted by molar-refractivity contribution is -0.131. The fourth-order valence-corrected chi connectivity index (χ4v) is 7.33. The number of aromatic nitrogens is 2. The average molecular weight is 636 g/mol. The van der Waals surface area contributed by atoms with Gasteiger partial charge in [-0.25, -0.2) is 15.4 Å². The Morgan fingerprint density at radius 3 is 2.71 bits per heavy atom. The van der Waals surface area contributed by atoms with Crippen LogP contribution in [0.15, 0.2) is 42.7 Å². The number of carbonyl (C=O) groups is 1. The van der Waals surface area contributed by atoms with Gasteiger partial charge in [-0.2, -0.15) is 9.97 Å².